The van der Waals surface area contributed by atoms with Crippen LogP contribution in [0.3, 0.4) is 0 Å². The first-order valence-electron chi connectivity index (χ1n) is 3.51. The molecule has 4 nitrogen and oxygen atoms in total. The number of halogens is 1. The number of hydrogen-bond donors (Lipinski definition) is 2. The molecule has 0 unspecified atom stereocenters. The summed E-state index contributed by atoms with van der Waals surface area (Å²) in [5.74, 6) is -0.114. The third-order valence-corrected chi connectivity index (χ3v) is 2.04. The van der Waals surface area contributed by atoms with Gasteiger partial charge in [-0.15, -0.1) is 0 Å². The molecule has 0 aliphatic carbocycles. The summed E-state index contributed by atoms with van der Waals surface area (Å²) in [6.07, 6.45) is 2.71. The first-order valence-corrected chi connectivity index (χ1v) is 3.89. The summed E-state index contributed by atoms with van der Waals surface area (Å²) in [6, 6.07) is 1.26. The molecule has 0 radical (unpaired) electrons. The van der Waals surface area contributed by atoms with E-state index < -0.39 is 0 Å². The van der Waals surface area contributed by atoms with Gasteiger partial charge in [0, 0.05) is 11.5 Å². The number of fused-ring (bicyclic) bond motifs is 1. The maximum absolute atomic E-state index is 9.47. The van der Waals surface area contributed by atoms with Crippen molar-refractivity contribution in [2.75, 3.05) is 0 Å². The van der Waals surface area contributed by atoms with Gasteiger partial charge in [-0.25, -0.2) is 0 Å². The Kier molecular flexibility index (Phi) is 1.70. The summed E-state index contributed by atoms with van der Waals surface area (Å²) in [4.78, 5) is 0. The highest BCUT2D eigenvalue weighted by Crippen LogP contribution is 2.36. The van der Waals surface area contributed by atoms with Crippen molar-refractivity contribution in [1.29, 1.82) is 0 Å². The van der Waals surface area contributed by atoms with Crippen LogP contribution in [0, 0.1) is 0 Å². The SMILES string of the molecule is Oc1cc(Cl)c(O)c2cnncc12. The van der Waals surface area contributed by atoms with Gasteiger partial charge in [-0.05, 0) is 0 Å². The highest BCUT2D eigenvalue weighted by molar-refractivity contribution is 6.33. The first kappa shape index (κ1) is 8.07. The van der Waals surface area contributed by atoms with Crippen molar-refractivity contribution < 1.29 is 10.2 Å². The highest BCUT2D eigenvalue weighted by Gasteiger charge is 2.09. The van der Waals surface area contributed by atoms with E-state index in [0.717, 1.165) is 0 Å². The number of rotatable bonds is 0. The number of aromatic hydroxyl groups is 2. The van der Waals surface area contributed by atoms with E-state index in [2.05, 4.69) is 10.2 Å². The molecule has 0 amide bonds. The van der Waals surface area contributed by atoms with Gasteiger partial charge in [0.25, 0.3) is 0 Å². The van der Waals surface area contributed by atoms with E-state index >= 15 is 0 Å². The summed E-state index contributed by atoms with van der Waals surface area (Å²) in [5, 5.41) is 27.0. The van der Waals surface area contributed by atoms with Crippen LogP contribution < -0.4 is 0 Å². The van der Waals surface area contributed by atoms with Crippen LogP contribution in [0.15, 0.2) is 18.5 Å². The Balaban J connectivity index is 2.97. The number of benzene rings is 1. The van der Waals surface area contributed by atoms with Crippen molar-refractivity contribution in [3.8, 4) is 11.5 Å². The summed E-state index contributed by atoms with van der Waals surface area (Å²) >= 11 is 5.63. The second kappa shape index (κ2) is 2.74. The molecule has 66 valence electrons. The van der Waals surface area contributed by atoms with Gasteiger partial charge in [0.2, 0.25) is 0 Å². The zero-order chi connectivity index (χ0) is 9.42. The standard InChI is InChI=1S/C8H5ClN2O2/c9-6-1-7(12)4-2-10-11-3-5(4)8(6)13/h1-3,12-13H. The molecule has 1 heterocycles. The smallest absolute Gasteiger partial charge is 0.143 e. The van der Waals surface area contributed by atoms with Crippen LogP contribution in [0.5, 0.6) is 11.5 Å². The number of aromatic nitrogens is 2. The molecule has 0 fully saturated rings. The molecule has 0 aliphatic rings. The molecule has 0 atom stereocenters. The monoisotopic (exact) mass is 196 g/mol. The minimum Gasteiger partial charge on any atom is -0.507 e. The molecule has 1 aromatic carbocycles. The third-order valence-electron chi connectivity index (χ3n) is 1.75. The Morgan fingerprint density at radius 3 is 2.38 bits per heavy atom. The van der Waals surface area contributed by atoms with Gasteiger partial charge in [0.15, 0.2) is 0 Å². The van der Waals surface area contributed by atoms with Gasteiger partial charge >= 0.3 is 0 Å². The molecule has 0 bridgehead atoms. The van der Waals surface area contributed by atoms with E-state index in [1.54, 1.807) is 0 Å². The lowest BCUT2D eigenvalue weighted by molar-refractivity contribution is 0.469. The van der Waals surface area contributed by atoms with Crippen molar-refractivity contribution in [2.24, 2.45) is 0 Å². The molecule has 0 saturated carbocycles. The average Bonchev–Trinajstić information content (AvgIpc) is 2.15. The molecule has 0 saturated heterocycles. The van der Waals surface area contributed by atoms with Crippen molar-refractivity contribution in [3.05, 3.63) is 23.5 Å². The molecule has 0 spiro atoms. The average molecular weight is 197 g/mol. The van der Waals surface area contributed by atoms with Crippen LogP contribution in [-0.2, 0) is 0 Å². The highest BCUT2D eigenvalue weighted by atomic mass is 35.5. The molecular formula is C8H5ClN2O2. The molecule has 0 aliphatic heterocycles. The fraction of sp³-hybridized carbons (Fsp3) is 0. The van der Waals surface area contributed by atoms with Crippen molar-refractivity contribution in [1.82, 2.24) is 10.2 Å². The Labute approximate surface area is 78.4 Å². The lowest BCUT2D eigenvalue weighted by atomic mass is 10.2. The van der Waals surface area contributed by atoms with Crippen LogP contribution in [0.1, 0.15) is 0 Å². The van der Waals surface area contributed by atoms with Gasteiger partial charge in [-0.2, -0.15) is 10.2 Å². The number of nitrogens with zero attached hydrogens (tertiary/aromatic N) is 2. The maximum atomic E-state index is 9.47. The van der Waals surface area contributed by atoms with Crippen molar-refractivity contribution in [3.63, 3.8) is 0 Å². The summed E-state index contributed by atoms with van der Waals surface area (Å²) in [7, 11) is 0. The second-order valence-electron chi connectivity index (χ2n) is 2.54. The topological polar surface area (TPSA) is 66.2 Å². The quantitative estimate of drug-likeness (QED) is 0.630. The summed E-state index contributed by atoms with van der Waals surface area (Å²) in [6.45, 7) is 0. The van der Waals surface area contributed by atoms with E-state index in [4.69, 9.17) is 11.6 Å². The maximum Gasteiger partial charge on any atom is 0.143 e. The van der Waals surface area contributed by atoms with Crippen LogP contribution in [-0.4, -0.2) is 20.4 Å². The van der Waals surface area contributed by atoms with Crippen LogP contribution >= 0.6 is 11.6 Å². The van der Waals surface area contributed by atoms with Crippen LogP contribution in [0.2, 0.25) is 5.02 Å². The van der Waals surface area contributed by atoms with E-state index in [-0.39, 0.29) is 16.5 Å². The zero-order valence-electron chi connectivity index (χ0n) is 6.40. The predicted octanol–water partition coefficient (Wildman–Crippen LogP) is 1.69. The third kappa shape index (κ3) is 1.15. The molecule has 5 heteroatoms. The molecule has 2 aromatic rings. The van der Waals surface area contributed by atoms with Gasteiger partial charge in [0.05, 0.1) is 22.8 Å². The second-order valence-corrected chi connectivity index (χ2v) is 2.95. The van der Waals surface area contributed by atoms with E-state index in [1.165, 1.54) is 18.5 Å². The van der Waals surface area contributed by atoms with Crippen LogP contribution in [0.25, 0.3) is 10.8 Å². The van der Waals surface area contributed by atoms with Gasteiger partial charge in [0.1, 0.15) is 11.5 Å². The normalized spacial score (nSPS) is 10.5. The molecular weight excluding hydrogens is 192 g/mol. The Morgan fingerprint density at radius 1 is 1.08 bits per heavy atom. The van der Waals surface area contributed by atoms with E-state index in [1.807, 2.05) is 0 Å². The Bertz CT molecular complexity index is 473. The summed E-state index contributed by atoms with van der Waals surface area (Å²) < 4.78 is 0. The molecule has 1 aromatic heterocycles. The van der Waals surface area contributed by atoms with E-state index in [0.29, 0.717) is 10.8 Å². The first-order chi connectivity index (χ1) is 6.20. The Hall–Kier alpha value is -1.55. The minimum atomic E-state index is -0.0932. The van der Waals surface area contributed by atoms with Crippen molar-refractivity contribution in [2.45, 2.75) is 0 Å². The summed E-state index contributed by atoms with van der Waals surface area (Å²) in [5.41, 5.74) is 0. The van der Waals surface area contributed by atoms with Gasteiger partial charge in [-0.3, -0.25) is 0 Å². The number of phenolic OH excluding ortho intramolecular Hbond substituents is 2. The van der Waals surface area contributed by atoms with Gasteiger partial charge < -0.3 is 10.2 Å². The predicted molar refractivity (Wildman–Crippen MR) is 47.9 cm³/mol. The minimum absolute atomic E-state index is 0.0206. The Morgan fingerprint density at radius 2 is 1.69 bits per heavy atom. The van der Waals surface area contributed by atoms with Gasteiger partial charge in [-0.1, -0.05) is 11.6 Å². The zero-order valence-corrected chi connectivity index (χ0v) is 7.15. The van der Waals surface area contributed by atoms with E-state index in [9.17, 15) is 10.2 Å². The largest absolute Gasteiger partial charge is 0.507 e. The van der Waals surface area contributed by atoms with Crippen LogP contribution in [0.4, 0.5) is 0 Å². The molecule has 2 rings (SSSR count). The number of phenols is 2. The number of hydrogen-bond acceptors (Lipinski definition) is 4. The molecule has 13 heavy (non-hydrogen) atoms. The molecule has 2 N–H and O–H groups in total. The lowest BCUT2D eigenvalue weighted by Crippen LogP contribution is -1.82. The van der Waals surface area contributed by atoms with Crippen molar-refractivity contribution >= 4 is 22.4 Å². The lowest BCUT2D eigenvalue weighted by Gasteiger charge is -2.03. The fourth-order valence-corrected chi connectivity index (χ4v) is 1.31. The fourth-order valence-electron chi connectivity index (χ4n) is 1.11.